The molecule has 1 saturated carbocycles. The molecule has 0 aliphatic heterocycles. The summed E-state index contributed by atoms with van der Waals surface area (Å²) in [6, 6.07) is 4.82. The van der Waals surface area contributed by atoms with Gasteiger partial charge in [0.2, 0.25) is 0 Å². The van der Waals surface area contributed by atoms with Gasteiger partial charge in [0.15, 0.2) is 30.0 Å². The Labute approximate surface area is 165 Å². The molecule has 0 bridgehead atoms. The molecule has 0 spiro atoms. The van der Waals surface area contributed by atoms with E-state index in [0.29, 0.717) is 23.0 Å². The summed E-state index contributed by atoms with van der Waals surface area (Å²) >= 11 is 0. The van der Waals surface area contributed by atoms with Gasteiger partial charge >= 0.3 is 5.97 Å². The lowest BCUT2D eigenvalue weighted by molar-refractivity contribution is -0.157. The molecule has 0 heterocycles. The van der Waals surface area contributed by atoms with Gasteiger partial charge in [-0.3, -0.25) is 9.59 Å². The van der Waals surface area contributed by atoms with Crippen molar-refractivity contribution < 1.29 is 28.6 Å². The zero-order chi connectivity index (χ0) is 20.7. The van der Waals surface area contributed by atoms with Gasteiger partial charge in [-0.25, -0.2) is 4.79 Å². The molecule has 1 aromatic rings. The molecule has 28 heavy (non-hydrogen) atoms. The van der Waals surface area contributed by atoms with Crippen LogP contribution in [0.2, 0.25) is 0 Å². The van der Waals surface area contributed by atoms with Crippen LogP contribution in [-0.2, 0) is 14.3 Å². The Kier molecular flexibility index (Phi) is 7.84. The molecule has 154 valence electrons. The highest BCUT2D eigenvalue weighted by atomic mass is 16.6. The number of rotatable bonds is 8. The number of hydrogen-bond donors (Lipinski definition) is 1. The summed E-state index contributed by atoms with van der Waals surface area (Å²) in [5.74, 6) is 0.0356. The predicted octanol–water partition coefficient (Wildman–Crippen LogP) is 2.90. The number of Topliss-reactive ketones (excluding diaryl/α,β-unsaturated/α-hetero) is 1. The van der Waals surface area contributed by atoms with Crippen molar-refractivity contribution in [2.45, 2.75) is 58.6 Å². The molecule has 1 aliphatic rings. The van der Waals surface area contributed by atoms with E-state index in [1.165, 1.54) is 20.5 Å². The van der Waals surface area contributed by atoms with Gasteiger partial charge in [-0.1, -0.05) is 19.8 Å². The SMILES string of the molecule is COc1cc(C(C)=O)ccc1OCC(=O)O[C@H](C)C(=O)N[C@@H]1CCCC[C@@H]1C. The second-order valence-electron chi connectivity index (χ2n) is 7.22. The highest BCUT2D eigenvalue weighted by Crippen LogP contribution is 2.28. The minimum absolute atomic E-state index is 0.101. The first-order chi connectivity index (χ1) is 13.3. The maximum Gasteiger partial charge on any atom is 0.344 e. The molecule has 0 saturated heterocycles. The van der Waals surface area contributed by atoms with Crippen LogP contribution in [0.15, 0.2) is 18.2 Å². The predicted molar refractivity (Wildman–Crippen MR) is 104 cm³/mol. The Morgan fingerprint density at radius 3 is 2.54 bits per heavy atom. The molecule has 0 aromatic heterocycles. The zero-order valence-corrected chi connectivity index (χ0v) is 16.9. The second kappa shape index (κ2) is 10.1. The van der Waals surface area contributed by atoms with E-state index in [1.807, 2.05) is 0 Å². The van der Waals surface area contributed by atoms with E-state index >= 15 is 0 Å². The van der Waals surface area contributed by atoms with Gasteiger partial charge in [0.25, 0.3) is 5.91 Å². The molecule has 1 aliphatic carbocycles. The number of esters is 1. The zero-order valence-electron chi connectivity index (χ0n) is 16.9. The summed E-state index contributed by atoms with van der Waals surface area (Å²) in [6.45, 7) is 4.75. The van der Waals surface area contributed by atoms with Crippen LogP contribution in [0.4, 0.5) is 0 Å². The Hall–Kier alpha value is -2.57. The first kappa shape index (κ1) is 21.7. The van der Waals surface area contributed by atoms with Crippen molar-refractivity contribution in [1.29, 1.82) is 0 Å². The molecule has 1 aromatic carbocycles. The average molecular weight is 391 g/mol. The van der Waals surface area contributed by atoms with Crippen molar-refractivity contribution in [2.75, 3.05) is 13.7 Å². The minimum atomic E-state index is -0.896. The van der Waals surface area contributed by atoms with Gasteiger partial charge in [0.05, 0.1) is 7.11 Å². The molecular weight excluding hydrogens is 362 g/mol. The van der Waals surface area contributed by atoms with Gasteiger partial charge in [-0.05, 0) is 50.8 Å². The van der Waals surface area contributed by atoms with Crippen molar-refractivity contribution in [1.82, 2.24) is 5.32 Å². The van der Waals surface area contributed by atoms with Crippen LogP contribution in [0.5, 0.6) is 11.5 Å². The molecule has 1 amide bonds. The molecule has 7 nitrogen and oxygen atoms in total. The first-order valence-electron chi connectivity index (χ1n) is 9.63. The molecule has 1 fully saturated rings. The largest absolute Gasteiger partial charge is 0.493 e. The van der Waals surface area contributed by atoms with E-state index < -0.39 is 12.1 Å². The lowest BCUT2D eigenvalue weighted by Crippen LogP contribution is -2.46. The van der Waals surface area contributed by atoms with E-state index in [1.54, 1.807) is 25.1 Å². The van der Waals surface area contributed by atoms with Crippen molar-refractivity contribution in [3.63, 3.8) is 0 Å². The fourth-order valence-electron chi connectivity index (χ4n) is 3.26. The highest BCUT2D eigenvalue weighted by Gasteiger charge is 2.26. The van der Waals surface area contributed by atoms with E-state index in [9.17, 15) is 14.4 Å². The number of ether oxygens (including phenoxy) is 3. The summed E-state index contributed by atoms with van der Waals surface area (Å²) in [7, 11) is 1.45. The third kappa shape index (κ3) is 5.97. The van der Waals surface area contributed by atoms with Crippen molar-refractivity contribution in [3.8, 4) is 11.5 Å². The fourth-order valence-corrected chi connectivity index (χ4v) is 3.26. The third-order valence-electron chi connectivity index (χ3n) is 5.03. The van der Waals surface area contributed by atoms with Crippen LogP contribution in [-0.4, -0.2) is 43.5 Å². The number of carbonyl (C=O) groups is 3. The van der Waals surface area contributed by atoms with Gasteiger partial charge < -0.3 is 19.5 Å². The van der Waals surface area contributed by atoms with Gasteiger partial charge in [0.1, 0.15) is 0 Å². The van der Waals surface area contributed by atoms with Crippen LogP contribution >= 0.6 is 0 Å². The van der Waals surface area contributed by atoms with Crippen molar-refractivity contribution in [3.05, 3.63) is 23.8 Å². The monoisotopic (exact) mass is 391 g/mol. The summed E-state index contributed by atoms with van der Waals surface area (Å²) in [5, 5.41) is 2.97. The molecular formula is C21H29NO6. The first-order valence-corrected chi connectivity index (χ1v) is 9.63. The normalized spacial score (nSPS) is 20.0. The van der Waals surface area contributed by atoms with Crippen LogP contribution in [0.25, 0.3) is 0 Å². The Morgan fingerprint density at radius 1 is 1.18 bits per heavy atom. The number of benzene rings is 1. The van der Waals surface area contributed by atoms with Crippen LogP contribution in [0, 0.1) is 5.92 Å². The topological polar surface area (TPSA) is 90.9 Å². The van der Waals surface area contributed by atoms with Gasteiger partial charge in [-0.2, -0.15) is 0 Å². The van der Waals surface area contributed by atoms with E-state index in [2.05, 4.69) is 12.2 Å². The van der Waals surface area contributed by atoms with Gasteiger partial charge in [0, 0.05) is 11.6 Å². The lowest BCUT2D eigenvalue weighted by atomic mass is 9.86. The van der Waals surface area contributed by atoms with Gasteiger partial charge in [-0.15, -0.1) is 0 Å². The average Bonchev–Trinajstić information content (AvgIpc) is 2.67. The maximum absolute atomic E-state index is 12.3. The van der Waals surface area contributed by atoms with E-state index in [4.69, 9.17) is 14.2 Å². The Balaban J connectivity index is 1.84. The number of carbonyl (C=O) groups excluding carboxylic acids is 3. The fraction of sp³-hybridized carbons (Fsp3) is 0.571. The number of methoxy groups -OCH3 is 1. The summed E-state index contributed by atoms with van der Waals surface area (Å²) in [5.41, 5.74) is 0.481. The number of amides is 1. The minimum Gasteiger partial charge on any atom is -0.493 e. The molecule has 2 rings (SSSR count). The quantitative estimate of drug-likeness (QED) is 0.541. The Bertz CT molecular complexity index is 717. The highest BCUT2D eigenvalue weighted by molar-refractivity contribution is 5.94. The third-order valence-corrected chi connectivity index (χ3v) is 5.03. The van der Waals surface area contributed by atoms with E-state index in [-0.39, 0.29) is 24.3 Å². The smallest absolute Gasteiger partial charge is 0.344 e. The van der Waals surface area contributed by atoms with Crippen LogP contribution in [0.1, 0.15) is 56.8 Å². The molecule has 0 unspecified atom stereocenters. The second-order valence-corrected chi connectivity index (χ2v) is 7.22. The number of hydrogen-bond acceptors (Lipinski definition) is 6. The Morgan fingerprint density at radius 2 is 1.89 bits per heavy atom. The lowest BCUT2D eigenvalue weighted by Gasteiger charge is -2.30. The summed E-state index contributed by atoms with van der Waals surface area (Å²) in [4.78, 5) is 35.8. The molecule has 3 atom stereocenters. The molecule has 0 radical (unpaired) electrons. The van der Waals surface area contributed by atoms with Crippen molar-refractivity contribution in [2.24, 2.45) is 5.92 Å². The van der Waals surface area contributed by atoms with Crippen molar-refractivity contribution >= 4 is 17.7 Å². The molecule has 7 heteroatoms. The number of ketones is 1. The summed E-state index contributed by atoms with van der Waals surface area (Å²) in [6.07, 6.45) is 3.44. The van der Waals surface area contributed by atoms with E-state index in [0.717, 1.165) is 19.3 Å². The maximum atomic E-state index is 12.3. The van der Waals surface area contributed by atoms with Crippen LogP contribution < -0.4 is 14.8 Å². The standard InChI is InChI=1S/C21H29NO6/c1-13-7-5-6-8-17(13)22-21(25)15(3)28-20(24)12-27-18-10-9-16(14(2)23)11-19(18)26-4/h9-11,13,15,17H,5-8,12H2,1-4H3,(H,22,25)/t13-,15+,17+/m0/s1. The number of nitrogens with one attached hydrogen (secondary N) is 1. The van der Waals surface area contributed by atoms with Crippen LogP contribution in [0.3, 0.4) is 0 Å². The molecule has 1 N–H and O–H groups in total. The summed E-state index contributed by atoms with van der Waals surface area (Å²) < 4.78 is 15.8.